The van der Waals surface area contributed by atoms with Crippen molar-refractivity contribution in [3.8, 4) is 11.3 Å². The van der Waals surface area contributed by atoms with Crippen molar-refractivity contribution in [1.82, 2.24) is 15.0 Å². The van der Waals surface area contributed by atoms with Crippen molar-refractivity contribution in [2.24, 2.45) is 0 Å². The summed E-state index contributed by atoms with van der Waals surface area (Å²) in [6, 6.07) is 15.1. The Labute approximate surface area is 197 Å². The maximum Gasteiger partial charge on any atom is 0.229 e. The molecule has 2 heterocycles. The normalized spacial score (nSPS) is 10.8. The molecule has 0 saturated carbocycles. The third-order valence-corrected chi connectivity index (χ3v) is 5.39. The van der Waals surface area contributed by atoms with E-state index in [-0.39, 0.29) is 6.61 Å². The van der Waals surface area contributed by atoms with Crippen molar-refractivity contribution in [2.45, 2.75) is 19.8 Å². The number of nitrogens with zero attached hydrogens (tertiary/aromatic N) is 4. The van der Waals surface area contributed by atoms with Crippen LogP contribution in [0.25, 0.3) is 11.3 Å². The van der Waals surface area contributed by atoms with Crippen LogP contribution in [0.4, 0.5) is 28.8 Å². The number of oxazole rings is 1. The summed E-state index contributed by atoms with van der Waals surface area (Å²) in [5, 5.41) is 20.4. The maximum absolute atomic E-state index is 9.26. The summed E-state index contributed by atoms with van der Waals surface area (Å²) in [7, 11) is 0. The van der Waals surface area contributed by atoms with E-state index in [9.17, 15) is 5.11 Å². The number of aryl methyl sites for hydroxylation is 1. The first-order valence-electron chi connectivity index (χ1n) is 11.0. The molecule has 0 bridgehead atoms. The number of nitrogens with two attached hydrogens (primary N) is 1. The molecule has 0 radical (unpaired) electrons. The van der Waals surface area contributed by atoms with Gasteiger partial charge in [-0.05, 0) is 50.1 Å². The minimum absolute atomic E-state index is 0.111. The molecule has 0 aliphatic rings. The molecular weight excluding hydrogens is 430 g/mol. The van der Waals surface area contributed by atoms with Gasteiger partial charge in [-0.1, -0.05) is 18.2 Å². The van der Waals surface area contributed by atoms with Crippen LogP contribution in [0, 0.1) is 12.3 Å². The molecule has 4 aromatic rings. The minimum atomic E-state index is 0.111. The number of unbranched alkanes of at least 4 members (excludes halogenated alkanes) is 1. The van der Waals surface area contributed by atoms with Crippen LogP contribution in [0.1, 0.15) is 24.1 Å². The summed E-state index contributed by atoms with van der Waals surface area (Å²) >= 11 is 0. The molecule has 0 saturated heterocycles. The molecule has 0 fully saturated rings. The van der Waals surface area contributed by atoms with Crippen LogP contribution in [0.3, 0.4) is 0 Å². The van der Waals surface area contributed by atoms with Crippen molar-refractivity contribution in [1.29, 1.82) is 5.41 Å². The monoisotopic (exact) mass is 457 g/mol. The summed E-state index contributed by atoms with van der Waals surface area (Å²) in [4.78, 5) is 15.3. The van der Waals surface area contributed by atoms with E-state index in [0.717, 1.165) is 29.1 Å². The topological polar surface area (TPSA) is 137 Å². The Morgan fingerprint density at radius 3 is 2.76 bits per heavy atom. The van der Waals surface area contributed by atoms with Crippen LogP contribution in [0.5, 0.6) is 0 Å². The summed E-state index contributed by atoms with van der Waals surface area (Å²) in [5.74, 6) is 1.80. The quantitative estimate of drug-likeness (QED) is 0.153. The number of aliphatic hydroxyl groups is 1. The molecule has 0 amide bonds. The summed E-state index contributed by atoms with van der Waals surface area (Å²) in [6.07, 6.45) is 5.77. The lowest BCUT2D eigenvalue weighted by Crippen LogP contribution is -2.22. The SMILES string of the molecule is Cc1ncoc1-c1cccc(Nc2nccc(N(CCCCO)c3cccc(N)c3C=N)n2)c1. The van der Waals surface area contributed by atoms with E-state index >= 15 is 0 Å². The molecule has 0 unspecified atom stereocenters. The molecule has 0 aliphatic carbocycles. The standard InChI is InChI=1S/C25H27N7O2/c1-17-24(34-16-29-17)18-6-4-7-19(14-18)30-25-28-11-10-23(31-25)32(12-2-3-13-33)22-9-5-8-21(27)20(22)15-26/h4-11,14-16,26,33H,2-3,12-13,27H2,1H3,(H,28,30,31). The summed E-state index contributed by atoms with van der Waals surface area (Å²) in [5.41, 5.74) is 10.6. The van der Waals surface area contributed by atoms with Crippen LogP contribution < -0.4 is 16.0 Å². The molecule has 9 nitrogen and oxygen atoms in total. The fourth-order valence-corrected chi connectivity index (χ4v) is 3.71. The Bertz CT molecular complexity index is 1270. The highest BCUT2D eigenvalue weighted by Crippen LogP contribution is 2.31. The number of anilines is 5. The first-order valence-corrected chi connectivity index (χ1v) is 11.0. The summed E-state index contributed by atoms with van der Waals surface area (Å²) < 4.78 is 5.51. The van der Waals surface area contributed by atoms with E-state index in [4.69, 9.17) is 20.5 Å². The molecule has 2 aromatic carbocycles. The lowest BCUT2D eigenvalue weighted by molar-refractivity contribution is 0.285. The van der Waals surface area contributed by atoms with E-state index in [1.807, 2.05) is 54.3 Å². The van der Waals surface area contributed by atoms with Crippen molar-refractivity contribution in [3.05, 3.63) is 72.4 Å². The first kappa shape index (κ1) is 22.9. The largest absolute Gasteiger partial charge is 0.443 e. The van der Waals surface area contributed by atoms with Crippen LogP contribution in [0.15, 0.2) is 65.5 Å². The zero-order valence-electron chi connectivity index (χ0n) is 18.9. The van der Waals surface area contributed by atoms with Crippen LogP contribution in [-0.2, 0) is 0 Å². The van der Waals surface area contributed by atoms with Crippen LogP contribution >= 0.6 is 0 Å². The first-order chi connectivity index (χ1) is 16.6. The molecule has 4 rings (SSSR count). The average molecular weight is 458 g/mol. The Morgan fingerprint density at radius 1 is 1.15 bits per heavy atom. The van der Waals surface area contributed by atoms with Gasteiger partial charge in [-0.15, -0.1) is 0 Å². The average Bonchev–Trinajstić information content (AvgIpc) is 3.28. The van der Waals surface area contributed by atoms with E-state index < -0.39 is 0 Å². The number of hydrogen-bond acceptors (Lipinski definition) is 9. The number of aliphatic hydroxyl groups excluding tert-OH is 1. The number of benzene rings is 2. The number of hydrogen-bond donors (Lipinski definition) is 4. The van der Waals surface area contributed by atoms with Gasteiger partial charge in [0.1, 0.15) is 5.82 Å². The van der Waals surface area contributed by atoms with Crippen LogP contribution in [0.2, 0.25) is 0 Å². The lowest BCUT2D eigenvalue weighted by Gasteiger charge is -2.26. The number of nitrogens with one attached hydrogen (secondary N) is 2. The molecule has 34 heavy (non-hydrogen) atoms. The van der Waals surface area contributed by atoms with E-state index in [1.54, 1.807) is 12.3 Å². The van der Waals surface area contributed by atoms with Crippen molar-refractivity contribution in [3.63, 3.8) is 0 Å². The molecular formula is C25H27N7O2. The highest BCUT2D eigenvalue weighted by Gasteiger charge is 2.16. The van der Waals surface area contributed by atoms with Crippen molar-refractivity contribution < 1.29 is 9.52 Å². The van der Waals surface area contributed by atoms with Gasteiger partial charge in [0.25, 0.3) is 0 Å². The van der Waals surface area contributed by atoms with Gasteiger partial charge in [-0.2, -0.15) is 4.98 Å². The molecule has 9 heteroatoms. The van der Waals surface area contributed by atoms with Crippen LogP contribution in [-0.4, -0.2) is 39.4 Å². The van der Waals surface area contributed by atoms with Gasteiger partial charge in [0, 0.05) is 48.1 Å². The fourth-order valence-electron chi connectivity index (χ4n) is 3.71. The lowest BCUT2D eigenvalue weighted by atomic mass is 10.1. The third-order valence-electron chi connectivity index (χ3n) is 5.39. The van der Waals surface area contributed by atoms with Gasteiger partial charge in [0.05, 0.1) is 11.4 Å². The molecule has 0 atom stereocenters. The Morgan fingerprint density at radius 2 is 2.00 bits per heavy atom. The van der Waals surface area contributed by atoms with Crippen molar-refractivity contribution in [2.75, 3.05) is 29.1 Å². The summed E-state index contributed by atoms with van der Waals surface area (Å²) in [6.45, 7) is 2.61. The Kier molecular flexibility index (Phi) is 7.14. The molecule has 0 aliphatic heterocycles. The second kappa shape index (κ2) is 10.6. The Balaban J connectivity index is 1.65. The highest BCUT2D eigenvalue weighted by molar-refractivity contribution is 5.94. The highest BCUT2D eigenvalue weighted by atomic mass is 16.3. The van der Waals surface area contributed by atoms with Gasteiger partial charge in [0.15, 0.2) is 12.2 Å². The maximum atomic E-state index is 9.26. The zero-order chi connectivity index (χ0) is 23.9. The Hall–Kier alpha value is -4.24. The fraction of sp³-hybridized carbons (Fsp3) is 0.200. The van der Waals surface area contributed by atoms with E-state index in [1.165, 1.54) is 12.6 Å². The molecule has 0 spiro atoms. The van der Waals surface area contributed by atoms with Gasteiger partial charge in [-0.3, -0.25) is 0 Å². The predicted octanol–water partition coefficient (Wildman–Crippen LogP) is 4.67. The van der Waals surface area contributed by atoms with E-state index in [2.05, 4.69) is 15.3 Å². The molecule has 2 aromatic heterocycles. The molecule has 174 valence electrons. The molecule has 5 N–H and O–H groups in total. The predicted molar refractivity (Wildman–Crippen MR) is 134 cm³/mol. The van der Waals surface area contributed by atoms with Crippen molar-refractivity contribution >= 4 is 35.0 Å². The second-order valence-electron chi connectivity index (χ2n) is 7.72. The van der Waals surface area contributed by atoms with Gasteiger partial charge in [-0.25, -0.2) is 9.97 Å². The number of nitrogen functional groups attached to an aromatic ring is 1. The number of aromatic nitrogens is 3. The van der Waals surface area contributed by atoms with Gasteiger partial charge in [0.2, 0.25) is 5.95 Å². The zero-order valence-corrected chi connectivity index (χ0v) is 18.9. The minimum Gasteiger partial charge on any atom is -0.443 e. The third kappa shape index (κ3) is 5.05. The van der Waals surface area contributed by atoms with Gasteiger partial charge >= 0.3 is 0 Å². The number of rotatable bonds is 10. The second-order valence-corrected chi connectivity index (χ2v) is 7.72. The van der Waals surface area contributed by atoms with Gasteiger partial charge < -0.3 is 30.9 Å². The smallest absolute Gasteiger partial charge is 0.229 e. The van der Waals surface area contributed by atoms with E-state index in [0.29, 0.717) is 41.7 Å².